The number of thiol groups is 1. The van der Waals surface area contributed by atoms with Gasteiger partial charge in [-0.05, 0) is 79.5 Å². The molecule has 0 radical (unpaired) electrons. The maximum atomic E-state index is 5.54. The Morgan fingerprint density at radius 2 is 1.58 bits per heavy atom. The Morgan fingerprint density at radius 3 is 2.18 bits per heavy atom. The summed E-state index contributed by atoms with van der Waals surface area (Å²) in [5.74, 6) is 1.83. The summed E-state index contributed by atoms with van der Waals surface area (Å²) in [6, 6.07) is 15.0. The van der Waals surface area contributed by atoms with Crippen LogP contribution in [0.15, 0.2) is 59.8 Å². The summed E-state index contributed by atoms with van der Waals surface area (Å²) in [6.07, 6.45) is 6.04. The molecule has 0 unspecified atom stereocenters. The highest BCUT2D eigenvalue weighted by atomic mass is 32.1. The normalized spacial score (nSPS) is 14.1. The highest BCUT2D eigenvalue weighted by Crippen LogP contribution is 2.41. The fourth-order valence-electron chi connectivity index (χ4n) is 4.37. The lowest BCUT2D eigenvalue weighted by atomic mass is 10.0. The van der Waals surface area contributed by atoms with E-state index in [-0.39, 0.29) is 0 Å². The number of aromatic nitrogens is 1. The Morgan fingerprint density at radius 1 is 0.909 bits per heavy atom. The van der Waals surface area contributed by atoms with E-state index in [0.717, 1.165) is 54.1 Å². The monoisotopic (exact) mass is 465 g/mol. The van der Waals surface area contributed by atoms with Crippen LogP contribution in [0.2, 0.25) is 0 Å². The Bertz CT molecular complexity index is 1040. The minimum Gasteiger partial charge on any atom is -0.493 e. The molecular formula is C26H31N3O3S. The minimum atomic E-state index is 0.474. The molecule has 1 fully saturated rings. The lowest BCUT2D eigenvalue weighted by Gasteiger charge is -2.36. The minimum absolute atomic E-state index is 0.474. The van der Waals surface area contributed by atoms with Crippen molar-refractivity contribution < 1.29 is 14.2 Å². The smallest absolute Gasteiger partial charge is 0.203 e. The third-order valence-electron chi connectivity index (χ3n) is 6.08. The van der Waals surface area contributed by atoms with Gasteiger partial charge in [0.15, 0.2) is 11.5 Å². The van der Waals surface area contributed by atoms with Gasteiger partial charge in [-0.15, -0.1) is 12.6 Å². The Labute approximate surface area is 201 Å². The first kappa shape index (κ1) is 23.3. The quantitative estimate of drug-likeness (QED) is 0.465. The van der Waals surface area contributed by atoms with Crippen LogP contribution in [0, 0.1) is 0 Å². The molecule has 1 aliphatic heterocycles. The molecule has 0 atom stereocenters. The van der Waals surface area contributed by atoms with Crippen LogP contribution in [-0.2, 0) is 6.54 Å². The van der Waals surface area contributed by atoms with E-state index in [4.69, 9.17) is 14.2 Å². The van der Waals surface area contributed by atoms with E-state index in [2.05, 4.69) is 58.2 Å². The molecule has 174 valence electrons. The van der Waals surface area contributed by atoms with Crippen molar-refractivity contribution >= 4 is 18.3 Å². The average Bonchev–Trinajstić information content (AvgIpc) is 2.87. The first-order chi connectivity index (χ1) is 16.1. The van der Waals surface area contributed by atoms with E-state index >= 15 is 0 Å². The second kappa shape index (κ2) is 10.8. The molecule has 1 aromatic heterocycles. The number of piperidine rings is 1. The van der Waals surface area contributed by atoms with Crippen molar-refractivity contribution in [2.75, 3.05) is 39.3 Å². The third kappa shape index (κ3) is 5.37. The number of benzene rings is 2. The topological polar surface area (TPSA) is 55.9 Å². The zero-order valence-electron chi connectivity index (χ0n) is 19.4. The van der Waals surface area contributed by atoms with Gasteiger partial charge < -0.3 is 24.4 Å². The summed E-state index contributed by atoms with van der Waals surface area (Å²) < 4.78 is 16.5. The van der Waals surface area contributed by atoms with E-state index in [9.17, 15) is 0 Å². The van der Waals surface area contributed by atoms with Gasteiger partial charge in [0.25, 0.3) is 0 Å². The molecule has 2 aromatic carbocycles. The van der Waals surface area contributed by atoms with Crippen LogP contribution in [0.4, 0.5) is 5.69 Å². The molecular weight excluding hydrogens is 434 g/mol. The van der Waals surface area contributed by atoms with Gasteiger partial charge in [0, 0.05) is 41.1 Å². The van der Waals surface area contributed by atoms with Crippen molar-refractivity contribution in [2.24, 2.45) is 0 Å². The number of rotatable bonds is 8. The Kier molecular flexibility index (Phi) is 7.62. The summed E-state index contributed by atoms with van der Waals surface area (Å²) in [5.41, 5.74) is 4.32. The van der Waals surface area contributed by atoms with Crippen LogP contribution in [0.1, 0.15) is 18.4 Å². The fraction of sp³-hybridized carbons (Fsp3) is 0.346. The number of anilines is 1. The summed E-state index contributed by atoms with van der Waals surface area (Å²) in [7, 11) is 4.86. The SMILES string of the molecule is COc1cc(-c2cncc(CN(c3ccc(S)cc3)C3CCNCC3)c2)cc(OC)c1OC. The molecule has 7 heteroatoms. The molecule has 1 aliphatic rings. The highest BCUT2D eigenvalue weighted by Gasteiger charge is 2.22. The number of pyridine rings is 1. The van der Waals surface area contributed by atoms with Crippen molar-refractivity contribution in [3.8, 4) is 28.4 Å². The predicted molar refractivity (Wildman–Crippen MR) is 135 cm³/mol. The summed E-state index contributed by atoms with van der Waals surface area (Å²) in [5, 5.41) is 3.47. The zero-order chi connectivity index (χ0) is 23.2. The first-order valence-electron chi connectivity index (χ1n) is 11.1. The van der Waals surface area contributed by atoms with Gasteiger partial charge in [-0.3, -0.25) is 4.98 Å². The molecule has 33 heavy (non-hydrogen) atoms. The number of nitrogens with one attached hydrogen (secondary N) is 1. The molecule has 6 nitrogen and oxygen atoms in total. The van der Waals surface area contributed by atoms with E-state index in [0.29, 0.717) is 23.3 Å². The fourth-order valence-corrected chi connectivity index (χ4v) is 4.52. The van der Waals surface area contributed by atoms with E-state index in [1.807, 2.05) is 24.5 Å². The summed E-state index contributed by atoms with van der Waals surface area (Å²) >= 11 is 4.46. The number of hydrogen-bond donors (Lipinski definition) is 2. The highest BCUT2D eigenvalue weighted by molar-refractivity contribution is 7.80. The van der Waals surface area contributed by atoms with Crippen molar-refractivity contribution in [1.29, 1.82) is 0 Å². The number of hydrogen-bond acceptors (Lipinski definition) is 7. The molecule has 1 saturated heterocycles. The summed E-state index contributed by atoms with van der Waals surface area (Å²) in [4.78, 5) is 8.01. The van der Waals surface area contributed by atoms with Gasteiger partial charge in [-0.1, -0.05) is 0 Å². The van der Waals surface area contributed by atoms with E-state index in [1.165, 1.54) is 5.69 Å². The van der Waals surface area contributed by atoms with E-state index < -0.39 is 0 Å². The third-order valence-corrected chi connectivity index (χ3v) is 6.37. The van der Waals surface area contributed by atoms with Crippen molar-refractivity contribution in [2.45, 2.75) is 30.3 Å². The maximum absolute atomic E-state index is 5.54. The molecule has 0 aliphatic carbocycles. The van der Waals surface area contributed by atoms with Gasteiger partial charge in [0.05, 0.1) is 21.3 Å². The second-order valence-electron chi connectivity index (χ2n) is 8.12. The predicted octanol–water partition coefficient (Wildman–Crippen LogP) is 4.82. The van der Waals surface area contributed by atoms with Crippen molar-refractivity contribution in [3.05, 3.63) is 60.4 Å². The van der Waals surface area contributed by atoms with Crippen LogP contribution >= 0.6 is 12.6 Å². The Hall–Kier alpha value is -2.90. The van der Waals surface area contributed by atoms with Crippen LogP contribution in [0.25, 0.3) is 11.1 Å². The Balaban J connectivity index is 1.66. The molecule has 0 saturated carbocycles. The summed E-state index contributed by atoms with van der Waals surface area (Å²) in [6.45, 7) is 2.85. The molecule has 4 rings (SSSR count). The number of methoxy groups -OCH3 is 3. The maximum Gasteiger partial charge on any atom is 0.203 e. The molecule has 3 aromatic rings. The average molecular weight is 466 g/mol. The molecule has 1 N–H and O–H groups in total. The van der Waals surface area contributed by atoms with Crippen molar-refractivity contribution in [1.82, 2.24) is 10.3 Å². The van der Waals surface area contributed by atoms with Crippen LogP contribution < -0.4 is 24.4 Å². The van der Waals surface area contributed by atoms with Gasteiger partial charge >= 0.3 is 0 Å². The number of nitrogens with zero attached hydrogens (tertiary/aromatic N) is 2. The molecule has 0 bridgehead atoms. The molecule has 0 amide bonds. The van der Waals surface area contributed by atoms with Crippen LogP contribution in [0.5, 0.6) is 17.2 Å². The van der Waals surface area contributed by atoms with Crippen LogP contribution in [0.3, 0.4) is 0 Å². The zero-order valence-corrected chi connectivity index (χ0v) is 20.3. The second-order valence-corrected chi connectivity index (χ2v) is 8.64. The number of ether oxygens (including phenoxy) is 3. The molecule has 2 heterocycles. The van der Waals surface area contributed by atoms with Gasteiger partial charge in [-0.25, -0.2) is 0 Å². The van der Waals surface area contributed by atoms with Crippen molar-refractivity contribution in [3.63, 3.8) is 0 Å². The lowest BCUT2D eigenvalue weighted by Crippen LogP contribution is -2.43. The van der Waals surface area contributed by atoms with Gasteiger partial charge in [0.2, 0.25) is 5.75 Å². The largest absolute Gasteiger partial charge is 0.493 e. The lowest BCUT2D eigenvalue weighted by molar-refractivity contribution is 0.324. The van der Waals surface area contributed by atoms with Gasteiger partial charge in [0.1, 0.15) is 0 Å². The molecule has 0 spiro atoms. The van der Waals surface area contributed by atoms with Gasteiger partial charge in [-0.2, -0.15) is 0 Å². The standard InChI is InChI=1S/C26H31N3O3S/c1-30-24-13-19(14-25(31-2)26(24)32-3)20-12-18(15-28-16-20)17-29(22-8-10-27-11-9-22)21-4-6-23(33)7-5-21/h4-7,12-16,22,27,33H,8-11,17H2,1-3H3. The van der Waals surface area contributed by atoms with Crippen LogP contribution in [-0.4, -0.2) is 45.4 Å². The first-order valence-corrected chi connectivity index (χ1v) is 11.6. The van der Waals surface area contributed by atoms with E-state index in [1.54, 1.807) is 21.3 Å².